The zero-order valence-corrected chi connectivity index (χ0v) is 17.3. The van der Waals surface area contributed by atoms with Crippen LogP contribution in [0.4, 0.5) is 0 Å². The van der Waals surface area contributed by atoms with Gasteiger partial charge in [0.2, 0.25) is 0 Å². The molecule has 3 heterocycles. The van der Waals surface area contributed by atoms with Gasteiger partial charge in [0.05, 0.1) is 23.8 Å². The molecule has 3 aromatic rings. The van der Waals surface area contributed by atoms with Gasteiger partial charge in [0, 0.05) is 22.5 Å². The Labute approximate surface area is 166 Å². The van der Waals surface area contributed by atoms with Crippen molar-refractivity contribution >= 4 is 27.2 Å². The molecule has 140 valence electrons. The number of likely N-dealkylation sites (tertiary alicyclic amines) is 1. The Bertz CT molecular complexity index is 1020. The lowest BCUT2D eigenvalue weighted by Gasteiger charge is -2.29. The van der Waals surface area contributed by atoms with Crippen LogP contribution in [-0.4, -0.2) is 50.1 Å². The van der Waals surface area contributed by atoms with Crippen LogP contribution in [0.1, 0.15) is 35.6 Å². The van der Waals surface area contributed by atoms with Gasteiger partial charge in [0.25, 0.3) is 0 Å². The van der Waals surface area contributed by atoms with E-state index >= 15 is 0 Å². The Hall–Kier alpha value is -2.12. The number of benzene rings is 1. The van der Waals surface area contributed by atoms with Crippen LogP contribution in [0.15, 0.2) is 22.9 Å². The molecule has 1 saturated heterocycles. The third-order valence-electron chi connectivity index (χ3n) is 5.25. The number of likely N-dealkylation sites (N-methyl/N-ethyl adjacent to an activating group) is 1. The number of aromatic nitrogens is 4. The standard InChI is InChI=1S/C20H22BrN5O/c1-11-7-16(27)17(12(2)18(11)21)15-9-23-19-20(25-15)24-14(8-22-19)13-5-4-6-26(3)10-13/h7-9,13,27H,4-6,10H2,1-3H3/t13-/m1/s1. The Morgan fingerprint density at radius 1 is 1.15 bits per heavy atom. The highest BCUT2D eigenvalue weighted by Crippen LogP contribution is 2.37. The summed E-state index contributed by atoms with van der Waals surface area (Å²) in [7, 11) is 2.14. The van der Waals surface area contributed by atoms with Crippen molar-refractivity contribution < 1.29 is 5.11 Å². The number of piperidine rings is 1. The van der Waals surface area contributed by atoms with Crippen LogP contribution in [0.25, 0.3) is 22.6 Å². The van der Waals surface area contributed by atoms with Crippen LogP contribution in [0, 0.1) is 13.8 Å². The second-order valence-electron chi connectivity index (χ2n) is 7.33. The molecule has 0 aliphatic carbocycles. The molecule has 6 nitrogen and oxygen atoms in total. The summed E-state index contributed by atoms with van der Waals surface area (Å²) in [5, 5.41) is 10.5. The molecule has 0 unspecified atom stereocenters. The van der Waals surface area contributed by atoms with Gasteiger partial charge in [-0.25, -0.2) is 19.9 Å². The van der Waals surface area contributed by atoms with Gasteiger partial charge in [-0.2, -0.15) is 0 Å². The minimum absolute atomic E-state index is 0.194. The highest BCUT2D eigenvalue weighted by Gasteiger charge is 2.21. The SMILES string of the molecule is Cc1cc(O)c(-c2cnc3ncc([C@@H]4CCCN(C)C4)nc3n2)c(C)c1Br. The maximum absolute atomic E-state index is 10.5. The first-order valence-corrected chi connectivity index (χ1v) is 9.90. The summed E-state index contributed by atoms with van der Waals surface area (Å²) < 4.78 is 0.960. The Morgan fingerprint density at radius 3 is 2.70 bits per heavy atom. The second kappa shape index (κ2) is 7.13. The fourth-order valence-corrected chi connectivity index (χ4v) is 4.12. The molecule has 1 N–H and O–H groups in total. The van der Waals surface area contributed by atoms with Crippen LogP contribution in [-0.2, 0) is 0 Å². The van der Waals surface area contributed by atoms with Crippen LogP contribution in [0.5, 0.6) is 5.75 Å². The quantitative estimate of drug-likeness (QED) is 0.666. The van der Waals surface area contributed by atoms with E-state index in [2.05, 4.69) is 42.8 Å². The summed E-state index contributed by atoms with van der Waals surface area (Å²) in [5.74, 6) is 0.564. The van der Waals surface area contributed by atoms with Crippen molar-refractivity contribution in [2.24, 2.45) is 0 Å². The van der Waals surface area contributed by atoms with E-state index in [-0.39, 0.29) is 5.75 Å². The lowest BCUT2D eigenvalue weighted by molar-refractivity contribution is 0.248. The van der Waals surface area contributed by atoms with E-state index in [0.717, 1.165) is 47.2 Å². The van der Waals surface area contributed by atoms with Gasteiger partial charge in [-0.1, -0.05) is 15.9 Å². The molecule has 1 aliphatic rings. The van der Waals surface area contributed by atoms with E-state index in [1.165, 1.54) is 0 Å². The minimum atomic E-state index is 0.194. The molecule has 1 atom stereocenters. The molecule has 4 rings (SSSR count). The van der Waals surface area contributed by atoms with Crippen LogP contribution in [0.2, 0.25) is 0 Å². The van der Waals surface area contributed by atoms with Crippen molar-refractivity contribution in [1.29, 1.82) is 0 Å². The Balaban J connectivity index is 1.79. The lowest BCUT2D eigenvalue weighted by Crippen LogP contribution is -2.31. The van der Waals surface area contributed by atoms with Crippen LogP contribution in [0.3, 0.4) is 0 Å². The van der Waals surface area contributed by atoms with Crippen molar-refractivity contribution in [2.75, 3.05) is 20.1 Å². The fraction of sp³-hybridized carbons (Fsp3) is 0.400. The number of rotatable bonds is 2. The number of halogens is 1. The molecular formula is C20H22BrN5O. The highest BCUT2D eigenvalue weighted by molar-refractivity contribution is 9.10. The topological polar surface area (TPSA) is 75.0 Å². The maximum Gasteiger partial charge on any atom is 0.198 e. The molecule has 0 saturated carbocycles. The van der Waals surface area contributed by atoms with E-state index in [4.69, 9.17) is 4.98 Å². The summed E-state index contributed by atoms with van der Waals surface area (Å²) >= 11 is 3.59. The van der Waals surface area contributed by atoms with Crippen molar-refractivity contribution in [2.45, 2.75) is 32.6 Å². The average molecular weight is 428 g/mol. The van der Waals surface area contributed by atoms with Crippen molar-refractivity contribution in [1.82, 2.24) is 24.8 Å². The monoisotopic (exact) mass is 427 g/mol. The first-order valence-electron chi connectivity index (χ1n) is 9.11. The maximum atomic E-state index is 10.5. The van der Waals surface area contributed by atoms with Gasteiger partial charge in [0.1, 0.15) is 5.75 Å². The average Bonchev–Trinajstić information content (AvgIpc) is 2.65. The van der Waals surface area contributed by atoms with Gasteiger partial charge in [-0.15, -0.1) is 0 Å². The largest absolute Gasteiger partial charge is 0.507 e. The summed E-state index contributed by atoms with van der Waals surface area (Å²) in [4.78, 5) is 20.7. The summed E-state index contributed by atoms with van der Waals surface area (Å²) in [6, 6.07) is 1.73. The molecule has 0 amide bonds. The van der Waals surface area contributed by atoms with Crippen molar-refractivity contribution in [3.8, 4) is 17.0 Å². The first kappa shape index (κ1) is 18.3. The van der Waals surface area contributed by atoms with E-state index in [1.807, 2.05) is 20.0 Å². The molecular weight excluding hydrogens is 406 g/mol. The molecule has 0 bridgehead atoms. The van der Waals surface area contributed by atoms with Gasteiger partial charge < -0.3 is 10.0 Å². The second-order valence-corrected chi connectivity index (χ2v) is 8.12. The van der Waals surface area contributed by atoms with Gasteiger partial charge in [0.15, 0.2) is 11.3 Å². The molecule has 0 spiro atoms. The molecule has 1 fully saturated rings. The summed E-state index contributed by atoms with van der Waals surface area (Å²) in [6.07, 6.45) is 5.75. The van der Waals surface area contributed by atoms with E-state index in [9.17, 15) is 5.11 Å². The third kappa shape index (κ3) is 3.41. The number of aryl methyl sites for hydroxylation is 1. The Kier molecular flexibility index (Phi) is 4.82. The predicted molar refractivity (Wildman–Crippen MR) is 109 cm³/mol. The molecule has 2 aromatic heterocycles. The smallest absolute Gasteiger partial charge is 0.198 e. The van der Waals surface area contributed by atoms with Crippen molar-refractivity contribution in [3.05, 3.63) is 39.8 Å². The van der Waals surface area contributed by atoms with Crippen LogP contribution >= 0.6 is 15.9 Å². The number of phenols is 1. The Morgan fingerprint density at radius 2 is 1.93 bits per heavy atom. The normalized spacial score (nSPS) is 18.1. The number of hydrogen-bond acceptors (Lipinski definition) is 6. The number of nitrogens with zero attached hydrogens (tertiary/aromatic N) is 5. The zero-order chi connectivity index (χ0) is 19.1. The summed E-state index contributed by atoms with van der Waals surface area (Å²) in [6.45, 7) is 6.02. The number of aromatic hydroxyl groups is 1. The zero-order valence-electron chi connectivity index (χ0n) is 15.7. The van der Waals surface area contributed by atoms with Gasteiger partial charge in [-0.05, 0) is 57.5 Å². The molecule has 1 aromatic carbocycles. The van der Waals surface area contributed by atoms with Gasteiger partial charge in [-0.3, -0.25) is 0 Å². The predicted octanol–water partition coefficient (Wildman–Crippen LogP) is 3.98. The highest BCUT2D eigenvalue weighted by atomic mass is 79.9. The third-order valence-corrected chi connectivity index (χ3v) is 6.47. The van der Waals surface area contributed by atoms with E-state index in [1.54, 1.807) is 12.3 Å². The van der Waals surface area contributed by atoms with Crippen molar-refractivity contribution in [3.63, 3.8) is 0 Å². The van der Waals surface area contributed by atoms with E-state index in [0.29, 0.717) is 28.5 Å². The summed E-state index contributed by atoms with van der Waals surface area (Å²) in [5.41, 5.74) is 5.19. The van der Waals surface area contributed by atoms with E-state index < -0.39 is 0 Å². The minimum Gasteiger partial charge on any atom is -0.507 e. The number of fused-ring (bicyclic) bond motifs is 1. The molecule has 7 heteroatoms. The molecule has 1 aliphatic heterocycles. The first-order chi connectivity index (χ1) is 12.9. The van der Waals surface area contributed by atoms with Gasteiger partial charge >= 0.3 is 0 Å². The number of hydrogen-bond donors (Lipinski definition) is 1. The molecule has 27 heavy (non-hydrogen) atoms. The number of phenolic OH excluding ortho intramolecular Hbond substituents is 1. The molecule has 0 radical (unpaired) electrons. The van der Waals surface area contributed by atoms with Crippen LogP contribution < -0.4 is 0 Å². The lowest BCUT2D eigenvalue weighted by atomic mass is 9.95. The fourth-order valence-electron chi connectivity index (χ4n) is 3.80.